The van der Waals surface area contributed by atoms with E-state index in [2.05, 4.69) is 21.4 Å². The minimum Gasteiger partial charge on any atom is -0.369 e. The van der Waals surface area contributed by atoms with Crippen molar-refractivity contribution in [3.63, 3.8) is 0 Å². The van der Waals surface area contributed by atoms with Crippen molar-refractivity contribution in [3.8, 4) is 0 Å². The number of aromatic nitrogens is 2. The number of carbonyl (C=O) groups is 1. The van der Waals surface area contributed by atoms with Gasteiger partial charge in [0.15, 0.2) is 0 Å². The van der Waals surface area contributed by atoms with E-state index >= 15 is 0 Å². The number of nitrogens with zero attached hydrogens (tertiary/aromatic N) is 1. The summed E-state index contributed by atoms with van der Waals surface area (Å²) >= 11 is 0. The third-order valence-corrected chi connectivity index (χ3v) is 4.27. The normalized spacial score (nSPS) is 23.2. The molecule has 1 amide bonds. The minimum atomic E-state index is -0.393. The molecule has 1 aliphatic carbocycles. The van der Waals surface area contributed by atoms with Crippen molar-refractivity contribution in [3.05, 3.63) is 46.9 Å². The highest BCUT2D eigenvalue weighted by Crippen LogP contribution is 2.45. The first-order valence-electron chi connectivity index (χ1n) is 6.38. The van der Waals surface area contributed by atoms with Crippen LogP contribution in [0.3, 0.4) is 0 Å². The lowest BCUT2D eigenvalue weighted by atomic mass is 9.80. The summed E-state index contributed by atoms with van der Waals surface area (Å²) in [6.45, 7) is 0.897. The number of anilines is 1. The quantitative estimate of drug-likeness (QED) is 0.709. The van der Waals surface area contributed by atoms with Crippen LogP contribution >= 0.6 is 0 Å². The zero-order chi connectivity index (χ0) is 13.0. The van der Waals surface area contributed by atoms with Crippen LogP contribution in [0.4, 0.5) is 5.82 Å². The first-order chi connectivity index (χ1) is 9.18. The molecule has 96 valence electrons. The van der Waals surface area contributed by atoms with Gasteiger partial charge in [-0.25, -0.2) is 4.98 Å². The van der Waals surface area contributed by atoms with Crippen molar-refractivity contribution >= 4 is 11.7 Å². The number of hydrogen-bond acceptors (Lipinski definition) is 3. The standard InChI is InChI=1S/C14H14N4O/c15-12(19)10-4-8-5-14(6-11(8)18-10)7-17-13-9(14)2-1-3-16-13/h1-4,18H,5-7H2,(H2,15,19)(H,16,17). The Morgan fingerprint density at radius 3 is 3.11 bits per heavy atom. The van der Waals surface area contributed by atoms with E-state index in [0.717, 1.165) is 30.9 Å². The molecule has 0 radical (unpaired) electrons. The lowest BCUT2D eigenvalue weighted by Crippen LogP contribution is -2.29. The summed E-state index contributed by atoms with van der Waals surface area (Å²) in [4.78, 5) is 18.7. The monoisotopic (exact) mass is 254 g/mol. The molecule has 0 bridgehead atoms. The van der Waals surface area contributed by atoms with Gasteiger partial charge in [0.05, 0.1) is 0 Å². The molecular weight excluding hydrogens is 240 g/mol. The molecule has 2 aromatic heterocycles. The number of primary amides is 1. The van der Waals surface area contributed by atoms with E-state index in [1.165, 1.54) is 11.1 Å². The molecule has 5 heteroatoms. The molecular formula is C14H14N4O. The molecule has 1 aliphatic heterocycles. The first-order valence-corrected chi connectivity index (χ1v) is 6.38. The topological polar surface area (TPSA) is 83.8 Å². The molecule has 0 aromatic carbocycles. The molecule has 2 aliphatic rings. The average Bonchev–Trinajstić information content (AvgIpc) is 3.03. The van der Waals surface area contributed by atoms with Gasteiger partial charge in [-0.1, -0.05) is 6.07 Å². The highest BCUT2D eigenvalue weighted by Gasteiger charge is 2.45. The Morgan fingerprint density at radius 2 is 2.32 bits per heavy atom. The fourth-order valence-electron chi connectivity index (χ4n) is 3.39. The smallest absolute Gasteiger partial charge is 0.265 e. The van der Waals surface area contributed by atoms with E-state index in [-0.39, 0.29) is 5.41 Å². The zero-order valence-corrected chi connectivity index (χ0v) is 10.4. The number of rotatable bonds is 1. The van der Waals surface area contributed by atoms with Gasteiger partial charge >= 0.3 is 0 Å². The summed E-state index contributed by atoms with van der Waals surface area (Å²) in [6, 6.07) is 6.01. The number of H-pyrrole nitrogens is 1. The summed E-state index contributed by atoms with van der Waals surface area (Å²) in [5, 5.41) is 3.38. The molecule has 0 fully saturated rings. The van der Waals surface area contributed by atoms with Gasteiger partial charge in [-0.05, 0) is 30.5 Å². The van der Waals surface area contributed by atoms with E-state index in [1.54, 1.807) is 0 Å². The van der Waals surface area contributed by atoms with Gasteiger partial charge in [0.25, 0.3) is 5.91 Å². The van der Waals surface area contributed by atoms with Crippen LogP contribution in [0, 0.1) is 0 Å². The number of nitrogens with two attached hydrogens (primary N) is 1. The second-order valence-corrected chi connectivity index (χ2v) is 5.44. The van der Waals surface area contributed by atoms with Gasteiger partial charge in [-0.3, -0.25) is 4.79 Å². The predicted octanol–water partition coefficient (Wildman–Crippen LogP) is 0.971. The summed E-state index contributed by atoms with van der Waals surface area (Å²) in [5.74, 6) is 0.595. The van der Waals surface area contributed by atoms with Crippen LogP contribution in [0.15, 0.2) is 24.4 Å². The van der Waals surface area contributed by atoms with Gasteiger partial charge in [0, 0.05) is 29.4 Å². The minimum absolute atomic E-state index is 0.0843. The van der Waals surface area contributed by atoms with Gasteiger partial charge in [0.2, 0.25) is 0 Å². The van der Waals surface area contributed by atoms with Crippen LogP contribution in [0.1, 0.15) is 27.3 Å². The molecule has 4 N–H and O–H groups in total. The van der Waals surface area contributed by atoms with E-state index in [0.29, 0.717) is 5.69 Å². The van der Waals surface area contributed by atoms with E-state index < -0.39 is 5.91 Å². The number of hydrogen-bond donors (Lipinski definition) is 3. The fraction of sp³-hybridized carbons (Fsp3) is 0.286. The summed E-state index contributed by atoms with van der Waals surface area (Å²) in [7, 11) is 0. The van der Waals surface area contributed by atoms with Crippen molar-refractivity contribution in [1.82, 2.24) is 9.97 Å². The van der Waals surface area contributed by atoms with Crippen LogP contribution in [-0.2, 0) is 18.3 Å². The fourth-order valence-corrected chi connectivity index (χ4v) is 3.39. The summed E-state index contributed by atoms with van der Waals surface area (Å²) < 4.78 is 0. The Bertz CT molecular complexity index is 665. The molecule has 2 aromatic rings. The van der Waals surface area contributed by atoms with Crippen molar-refractivity contribution in [2.24, 2.45) is 5.73 Å². The van der Waals surface area contributed by atoms with Gasteiger partial charge in [-0.15, -0.1) is 0 Å². The van der Waals surface area contributed by atoms with Crippen molar-refractivity contribution in [1.29, 1.82) is 0 Å². The van der Waals surface area contributed by atoms with Crippen LogP contribution in [0.5, 0.6) is 0 Å². The third kappa shape index (κ3) is 1.35. The first kappa shape index (κ1) is 10.6. The molecule has 4 rings (SSSR count). The van der Waals surface area contributed by atoms with Crippen LogP contribution in [-0.4, -0.2) is 22.4 Å². The van der Waals surface area contributed by atoms with E-state index in [9.17, 15) is 4.79 Å². The van der Waals surface area contributed by atoms with Crippen molar-refractivity contribution < 1.29 is 4.79 Å². The van der Waals surface area contributed by atoms with Gasteiger partial charge < -0.3 is 16.0 Å². The molecule has 3 heterocycles. The number of nitrogens with one attached hydrogen (secondary N) is 2. The van der Waals surface area contributed by atoms with Gasteiger partial charge in [-0.2, -0.15) is 0 Å². The van der Waals surface area contributed by atoms with Crippen LogP contribution < -0.4 is 11.1 Å². The number of aromatic amines is 1. The molecule has 1 atom stereocenters. The largest absolute Gasteiger partial charge is 0.369 e. The number of fused-ring (bicyclic) bond motifs is 3. The maximum Gasteiger partial charge on any atom is 0.265 e. The maximum absolute atomic E-state index is 11.2. The Morgan fingerprint density at radius 1 is 1.42 bits per heavy atom. The second kappa shape index (κ2) is 3.38. The third-order valence-electron chi connectivity index (χ3n) is 4.27. The van der Waals surface area contributed by atoms with E-state index in [4.69, 9.17) is 5.73 Å². The lowest BCUT2D eigenvalue weighted by molar-refractivity contribution is 0.0996. The highest BCUT2D eigenvalue weighted by atomic mass is 16.1. The molecule has 1 spiro atoms. The molecule has 0 saturated carbocycles. The molecule has 1 unspecified atom stereocenters. The highest BCUT2D eigenvalue weighted by molar-refractivity contribution is 5.91. The van der Waals surface area contributed by atoms with Crippen molar-refractivity contribution in [2.45, 2.75) is 18.3 Å². The number of pyridine rings is 1. The lowest BCUT2D eigenvalue weighted by Gasteiger charge is -2.22. The number of amides is 1. The van der Waals surface area contributed by atoms with Crippen LogP contribution in [0.25, 0.3) is 0 Å². The average molecular weight is 254 g/mol. The Balaban J connectivity index is 1.75. The van der Waals surface area contributed by atoms with Gasteiger partial charge in [0.1, 0.15) is 11.5 Å². The Labute approximate surface area is 110 Å². The molecule has 19 heavy (non-hydrogen) atoms. The zero-order valence-electron chi connectivity index (χ0n) is 10.4. The molecule has 5 nitrogen and oxygen atoms in total. The second-order valence-electron chi connectivity index (χ2n) is 5.44. The summed E-state index contributed by atoms with van der Waals surface area (Å²) in [6.07, 6.45) is 3.64. The van der Waals surface area contributed by atoms with Crippen LogP contribution in [0.2, 0.25) is 0 Å². The Hall–Kier alpha value is -2.30. The Kier molecular flexibility index (Phi) is 1.88. The molecule has 0 saturated heterocycles. The number of carbonyl (C=O) groups excluding carboxylic acids is 1. The van der Waals surface area contributed by atoms with E-state index in [1.807, 2.05) is 18.3 Å². The van der Waals surface area contributed by atoms with Crippen molar-refractivity contribution in [2.75, 3.05) is 11.9 Å². The summed E-state index contributed by atoms with van der Waals surface area (Å²) in [5.41, 5.74) is 9.51. The maximum atomic E-state index is 11.2. The predicted molar refractivity (Wildman–Crippen MR) is 71.1 cm³/mol. The SMILES string of the molecule is NC(=O)c1cc2c([nH]1)CC1(CNc3ncccc31)C2.